The zero-order valence-electron chi connectivity index (χ0n) is 11.2. The molecule has 98 valence electrons. The Morgan fingerprint density at radius 2 is 1.95 bits per heavy atom. The second-order valence-electron chi connectivity index (χ2n) is 4.36. The number of benzene rings is 2. The molecule has 2 nitrogen and oxygen atoms in total. The van der Waals surface area contributed by atoms with Crippen LogP contribution in [0.15, 0.2) is 67.3 Å². The van der Waals surface area contributed by atoms with Crippen LogP contribution in [0.25, 0.3) is 0 Å². The molecule has 1 N–H and O–H groups in total. The molecule has 0 radical (unpaired) electrons. The number of rotatable bonds is 6. The van der Waals surface area contributed by atoms with E-state index in [0.717, 1.165) is 12.3 Å². The summed E-state index contributed by atoms with van der Waals surface area (Å²) in [6.45, 7) is 4.68. The Morgan fingerprint density at radius 1 is 1.16 bits per heavy atom. The first-order valence-corrected chi connectivity index (χ1v) is 6.37. The summed E-state index contributed by atoms with van der Waals surface area (Å²) in [7, 11) is 1.68. The molecule has 0 saturated carbocycles. The van der Waals surface area contributed by atoms with Crippen LogP contribution >= 0.6 is 0 Å². The molecule has 0 heterocycles. The molecule has 0 fully saturated rings. The van der Waals surface area contributed by atoms with Crippen LogP contribution in [-0.2, 0) is 6.54 Å². The number of nitrogens with one attached hydrogen (secondary N) is 1. The SMILES string of the molecule is C=C[C@H](NCc1cccc(OC)c1)c1ccccc1. The summed E-state index contributed by atoms with van der Waals surface area (Å²) in [6.07, 6.45) is 1.93. The lowest BCUT2D eigenvalue weighted by molar-refractivity contribution is 0.414. The molecule has 0 unspecified atom stereocenters. The van der Waals surface area contributed by atoms with Crippen molar-refractivity contribution < 1.29 is 4.74 Å². The van der Waals surface area contributed by atoms with Crippen LogP contribution in [-0.4, -0.2) is 7.11 Å². The molecule has 0 aliphatic carbocycles. The lowest BCUT2D eigenvalue weighted by Gasteiger charge is -2.15. The van der Waals surface area contributed by atoms with Gasteiger partial charge in [0.05, 0.1) is 13.2 Å². The number of ether oxygens (including phenoxy) is 1. The van der Waals surface area contributed by atoms with Gasteiger partial charge in [0.1, 0.15) is 5.75 Å². The Morgan fingerprint density at radius 3 is 2.63 bits per heavy atom. The molecule has 2 aromatic carbocycles. The predicted molar refractivity (Wildman–Crippen MR) is 79.2 cm³/mol. The monoisotopic (exact) mass is 253 g/mol. The third kappa shape index (κ3) is 3.70. The van der Waals surface area contributed by atoms with Gasteiger partial charge in [0, 0.05) is 6.54 Å². The minimum atomic E-state index is 0.160. The molecule has 0 spiro atoms. The highest BCUT2D eigenvalue weighted by atomic mass is 16.5. The van der Waals surface area contributed by atoms with Gasteiger partial charge in [0.25, 0.3) is 0 Å². The molecule has 0 aromatic heterocycles. The Bertz CT molecular complexity index is 522. The van der Waals surface area contributed by atoms with Crippen molar-refractivity contribution in [1.29, 1.82) is 0 Å². The minimum absolute atomic E-state index is 0.160. The lowest BCUT2D eigenvalue weighted by atomic mass is 10.1. The lowest BCUT2D eigenvalue weighted by Crippen LogP contribution is -2.18. The highest BCUT2D eigenvalue weighted by Crippen LogP contribution is 2.16. The van der Waals surface area contributed by atoms with Crippen molar-refractivity contribution in [2.75, 3.05) is 7.11 Å². The molecule has 0 aliphatic heterocycles. The predicted octanol–water partition coefficient (Wildman–Crippen LogP) is 3.71. The third-order valence-corrected chi connectivity index (χ3v) is 3.05. The van der Waals surface area contributed by atoms with E-state index in [9.17, 15) is 0 Å². The Labute approximate surface area is 114 Å². The van der Waals surface area contributed by atoms with E-state index in [0.29, 0.717) is 0 Å². The standard InChI is InChI=1S/C17H19NO/c1-3-17(15-9-5-4-6-10-15)18-13-14-8-7-11-16(12-14)19-2/h3-12,17-18H,1,13H2,2H3/t17-/m0/s1. The maximum atomic E-state index is 5.22. The van der Waals surface area contributed by atoms with Gasteiger partial charge >= 0.3 is 0 Å². The van der Waals surface area contributed by atoms with Gasteiger partial charge < -0.3 is 10.1 Å². The molecule has 2 aromatic rings. The maximum absolute atomic E-state index is 5.22. The van der Waals surface area contributed by atoms with Gasteiger partial charge in [-0.25, -0.2) is 0 Å². The second kappa shape index (κ2) is 6.76. The first-order valence-electron chi connectivity index (χ1n) is 6.37. The van der Waals surface area contributed by atoms with E-state index in [2.05, 4.69) is 30.1 Å². The van der Waals surface area contributed by atoms with E-state index in [-0.39, 0.29) is 6.04 Å². The van der Waals surface area contributed by atoms with E-state index in [1.165, 1.54) is 11.1 Å². The summed E-state index contributed by atoms with van der Waals surface area (Å²) in [6, 6.07) is 18.5. The number of hydrogen-bond acceptors (Lipinski definition) is 2. The van der Waals surface area contributed by atoms with E-state index in [1.54, 1.807) is 7.11 Å². The average molecular weight is 253 g/mol. The largest absolute Gasteiger partial charge is 0.497 e. The first-order chi connectivity index (χ1) is 9.33. The summed E-state index contributed by atoms with van der Waals surface area (Å²) in [5.41, 5.74) is 2.42. The molecular weight excluding hydrogens is 234 g/mol. The van der Waals surface area contributed by atoms with Crippen LogP contribution in [0.4, 0.5) is 0 Å². The van der Waals surface area contributed by atoms with Gasteiger partial charge in [-0.05, 0) is 23.3 Å². The normalized spacial score (nSPS) is 11.8. The fourth-order valence-electron chi connectivity index (χ4n) is 2.01. The van der Waals surface area contributed by atoms with Crippen LogP contribution in [0.3, 0.4) is 0 Å². The van der Waals surface area contributed by atoms with Crippen LogP contribution in [0.2, 0.25) is 0 Å². The topological polar surface area (TPSA) is 21.3 Å². The minimum Gasteiger partial charge on any atom is -0.497 e. The summed E-state index contributed by atoms with van der Waals surface area (Å²) < 4.78 is 5.22. The Kier molecular flexibility index (Phi) is 4.76. The van der Waals surface area contributed by atoms with Crippen molar-refractivity contribution in [2.24, 2.45) is 0 Å². The Balaban J connectivity index is 2.02. The molecule has 0 saturated heterocycles. The zero-order valence-corrected chi connectivity index (χ0v) is 11.2. The van der Waals surface area contributed by atoms with Gasteiger partial charge in [0.2, 0.25) is 0 Å². The highest BCUT2D eigenvalue weighted by Gasteiger charge is 2.06. The smallest absolute Gasteiger partial charge is 0.119 e. The Hall–Kier alpha value is -2.06. The van der Waals surface area contributed by atoms with Crippen LogP contribution in [0, 0.1) is 0 Å². The van der Waals surface area contributed by atoms with Gasteiger partial charge in [-0.15, -0.1) is 6.58 Å². The van der Waals surface area contributed by atoms with Gasteiger partial charge in [0.15, 0.2) is 0 Å². The van der Waals surface area contributed by atoms with E-state index in [4.69, 9.17) is 4.74 Å². The fourth-order valence-corrected chi connectivity index (χ4v) is 2.01. The van der Waals surface area contributed by atoms with Crippen molar-refractivity contribution >= 4 is 0 Å². The maximum Gasteiger partial charge on any atom is 0.119 e. The average Bonchev–Trinajstić information content (AvgIpc) is 2.49. The number of methoxy groups -OCH3 is 1. The van der Waals surface area contributed by atoms with Crippen molar-refractivity contribution in [3.05, 3.63) is 78.4 Å². The van der Waals surface area contributed by atoms with Crippen molar-refractivity contribution in [3.63, 3.8) is 0 Å². The zero-order chi connectivity index (χ0) is 13.5. The summed E-state index contributed by atoms with van der Waals surface area (Å²) in [5, 5.41) is 3.48. The van der Waals surface area contributed by atoms with E-state index >= 15 is 0 Å². The van der Waals surface area contributed by atoms with Crippen molar-refractivity contribution in [3.8, 4) is 5.75 Å². The van der Waals surface area contributed by atoms with E-state index in [1.807, 2.05) is 42.5 Å². The van der Waals surface area contributed by atoms with Crippen molar-refractivity contribution in [2.45, 2.75) is 12.6 Å². The molecule has 0 bridgehead atoms. The summed E-state index contributed by atoms with van der Waals surface area (Å²) >= 11 is 0. The van der Waals surface area contributed by atoms with Gasteiger partial charge in [-0.3, -0.25) is 0 Å². The van der Waals surface area contributed by atoms with Crippen molar-refractivity contribution in [1.82, 2.24) is 5.32 Å². The molecule has 2 rings (SSSR count). The van der Waals surface area contributed by atoms with Crippen LogP contribution in [0.1, 0.15) is 17.2 Å². The molecule has 0 amide bonds. The highest BCUT2D eigenvalue weighted by molar-refractivity contribution is 5.29. The van der Waals surface area contributed by atoms with Gasteiger partial charge in [-0.2, -0.15) is 0 Å². The van der Waals surface area contributed by atoms with Gasteiger partial charge in [-0.1, -0.05) is 48.5 Å². The van der Waals surface area contributed by atoms with E-state index < -0.39 is 0 Å². The summed E-state index contributed by atoms with van der Waals surface area (Å²) in [5.74, 6) is 0.883. The van der Waals surface area contributed by atoms with Crippen LogP contribution in [0.5, 0.6) is 5.75 Å². The molecule has 2 heteroatoms. The molecular formula is C17H19NO. The first kappa shape index (κ1) is 13.4. The van der Waals surface area contributed by atoms with Crippen LogP contribution < -0.4 is 10.1 Å². The molecule has 1 atom stereocenters. The molecule has 0 aliphatic rings. The number of hydrogen-bond donors (Lipinski definition) is 1. The fraction of sp³-hybridized carbons (Fsp3) is 0.176. The summed E-state index contributed by atoms with van der Waals surface area (Å²) in [4.78, 5) is 0. The molecule has 19 heavy (non-hydrogen) atoms. The third-order valence-electron chi connectivity index (χ3n) is 3.05. The quantitative estimate of drug-likeness (QED) is 0.792. The second-order valence-corrected chi connectivity index (χ2v) is 4.36.